The third kappa shape index (κ3) is 5.57. The molecule has 0 saturated carbocycles. The van der Waals surface area contributed by atoms with Crippen molar-refractivity contribution in [2.24, 2.45) is 0 Å². The van der Waals surface area contributed by atoms with Crippen molar-refractivity contribution in [3.8, 4) is 0 Å². The minimum atomic E-state index is 0.389. The maximum atomic E-state index is 5.73. The van der Waals surface area contributed by atoms with E-state index in [1.807, 2.05) is 0 Å². The first-order valence-corrected chi connectivity index (χ1v) is 9.12. The normalized spacial score (nSPS) is 25.3. The molecule has 2 heterocycles. The van der Waals surface area contributed by atoms with Gasteiger partial charge in [0.25, 0.3) is 0 Å². The van der Waals surface area contributed by atoms with Crippen molar-refractivity contribution in [2.45, 2.75) is 26.0 Å². The lowest BCUT2D eigenvalue weighted by atomic mass is 10.2. The van der Waals surface area contributed by atoms with Crippen LogP contribution in [0.4, 0.5) is 0 Å². The molecule has 1 aromatic carbocycles. The second-order valence-corrected chi connectivity index (χ2v) is 6.94. The molecule has 2 aliphatic rings. The highest BCUT2D eigenvalue weighted by Gasteiger charge is 2.19. The van der Waals surface area contributed by atoms with E-state index in [0.29, 0.717) is 6.10 Å². The van der Waals surface area contributed by atoms with E-state index in [1.165, 1.54) is 57.8 Å². The molecule has 0 radical (unpaired) electrons. The van der Waals surface area contributed by atoms with Gasteiger partial charge in [-0.1, -0.05) is 30.3 Å². The fourth-order valence-corrected chi connectivity index (χ4v) is 3.58. The second kappa shape index (κ2) is 8.78. The van der Waals surface area contributed by atoms with Crippen molar-refractivity contribution < 1.29 is 4.74 Å². The average molecular weight is 317 g/mol. The van der Waals surface area contributed by atoms with Crippen molar-refractivity contribution in [3.63, 3.8) is 0 Å². The van der Waals surface area contributed by atoms with Crippen molar-refractivity contribution in [1.82, 2.24) is 14.7 Å². The first-order valence-electron chi connectivity index (χ1n) is 9.12. The highest BCUT2D eigenvalue weighted by atomic mass is 16.5. The summed E-state index contributed by atoms with van der Waals surface area (Å²) >= 11 is 0. The molecule has 2 saturated heterocycles. The molecule has 0 aliphatic carbocycles. The molecule has 4 heteroatoms. The Balaban J connectivity index is 1.36. The molecule has 1 aromatic rings. The molecule has 2 aliphatic heterocycles. The third-order valence-corrected chi connectivity index (χ3v) is 4.98. The first-order chi connectivity index (χ1) is 11.3. The van der Waals surface area contributed by atoms with Crippen LogP contribution in [-0.4, -0.2) is 79.8 Å². The summed E-state index contributed by atoms with van der Waals surface area (Å²) in [5.41, 5.74) is 1.43. The van der Waals surface area contributed by atoms with Crippen LogP contribution in [0.2, 0.25) is 0 Å². The van der Waals surface area contributed by atoms with E-state index >= 15 is 0 Å². The Kier molecular flexibility index (Phi) is 6.46. The van der Waals surface area contributed by atoms with Crippen LogP contribution in [0.3, 0.4) is 0 Å². The second-order valence-electron chi connectivity index (χ2n) is 6.94. The SMILES string of the molecule is C[C@H]1CN(CCN2CCN(Cc3ccccc3)CC2)CCCO1. The molecule has 0 N–H and O–H groups in total. The van der Waals surface area contributed by atoms with Crippen LogP contribution >= 0.6 is 0 Å². The van der Waals surface area contributed by atoms with Crippen molar-refractivity contribution in [3.05, 3.63) is 35.9 Å². The Morgan fingerprint density at radius 2 is 1.61 bits per heavy atom. The lowest BCUT2D eigenvalue weighted by Crippen LogP contribution is -2.48. The Labute approximate surface area is 141 Å². The van der Waals surface area contributed by atoms with E-state index in [9.17, 15) is 0 Å². The first kappa shape index (κ1) is 16.9. The number of piperazine rings is 1. The van der Waals surface area contributed by atoms with Gasteiger partial charge in [0, 0.05) is 65.5 Å². The molecule has 2 fully saturated rings. The molecule has 23 heavy (non-hydrogen) atoms. The lowest BCUT2D eigenvalue weighted by molar-refractivity contribution is 0.0637. The van der Waals surface area contributed by atoms with Gasteiger partial charge < -0.3 is 4.74 Å². The van der Waals surface area contributed by atoms with Gasteiger partial charge in [-0.15, -0.1) is 0 Å². The summed E-state index contributed by atoms with van der Waals surface area (Å²) in [5, 5.41) is 0. The third-order valence-electron chi connectivity index (χ3n) is 4.98. The molecular weight excluding hydrogens is 286 g/mol. The van der Waals surface area contributed by atoms with E-state index in [2.05, 4.69) is 52.0 Å². The minimum absolute atomic E-state index is 0.389. The largest absolute Gasteiger partial charge is 0.377 e. The van der Waals surface area contributed by atoms with Gasteiger partial charge in [-0.2, -0.15) is 0 Å². The van der Waals surface area contributed by atoms with Crippen LogP contribution in [0.15, 0.2) is 30.3 Å². The molecule has 128 valence electrons. The zero-order valence-corrected chi connectivity index (χ0v) is 14.5. The number of hydrogen-bond acceptors (Lipinski definition) is 4. The van der Waals surface area contributed by atoms with Crippen molar-refractivity contribution >= 4 is 0 Å². The highest BCUT2D eigenvalue weighted by molar-refractivity contribution is 5.14. The van der Waals surface area contributed by atoms with E-state index in [0.717, 1.165) is 19.7 Å². The molecule has 0 spiro atoms. The summed E-state index contributed by atoms with van der Waals surface area (Å²) in [4.78, 5) is 7.78. The zero-order chi connectivity index (χ0) is 15.9. The molecule has 3 rings (SSSR count). The fourth-order valence-electron chi connectivity index (χ4n) is 3.58. The fraction of sp³-hybridized carbons (Fsp3) is 0.684. The summed E-state index contributed by atoms with van der Waals surface area (Å²) in [6.07, 6.45) is 1.56. The number of rotatable bonds is 5. The molecule has 0 amide bonds. The summed E-state index contributed by atoms with van der Waals surface area (Å²) in [7, 11) is 0. The predicted molar refractivity (Wildman–Crippen MR) is 94.6 cm³/mol. The molecule has 1 atom stereocenters. The minimum Gasteiger partial charge on any atom is -0.377 e. The Bertz CT molecular complexity index is 445. The van der Waals surface area contributed by atoms with Gasteiger partial charge in [-0.3, -0.25) is 14.7 Å². The zero-order valence-electron chi connectivity index (χ0n) is 14.5. The molecule has 0 bridgehead atoms. The van der Waals surface area contributed by atoms with Crippen LogP contribution in [-0.2, 0) is 11.3 Å². The Morgan fingerprint density at radius 3 is 2.39 bits per heavy atom. The van der Waals surface area contributed by atoms with Gasteiger partial charge >= 0.3 is 0 Å². The number of hydrogen-bond donors (Lipinski definition) is 0. The van der Waals surface area contributed by atoms with Gasteiger partial charge in [0.1, 0.15) is 0 Å². The van der Waals surface area contributed by atoms with Crippen LogP contribution in [0, 0.1) is 0 Å². The highest BCUT2D eigenvalue weighted by Crippen LogP contribution is 2.09. The topological polar surface area (TPSA) is 19.0 Å². The standard InChI is InChI=1S/C19H31N3O/c1-18-16-21(8-5-15-23-18)12-9-20-10-13-22(14-11-20)17-19-6-3-2-4-7-19/h2-4,6-7,18H,5,8-17H2,1H3/t18-/m0/s1. The maximum Gasteiger partial charge on any atom is 0.0673 e. The lowest BCUT2D eigenvalue weighted by Gasteiger charge is -2.35. The van der Waals surface area contributed by atoms with Crippen molar-refractivity contribution in [1.29, 1.82) is 0 Å². The van der Waals surface area contributed by atoms with Gasteiger partial charge in [0.15, 0.2) is 0 Å². The van der Waals surface area contributed by atoms with E-state index in [1.54, 1.807) is 0 Å². The van der Waals surface area contributed by atoms with E-state index in [4.69, 9.17) is 4.74 Å². The van der Waals surface area contributed by atoms with Crippen LogP contribution in [0.1, 0.15) is 18.9 Å². The van der Waals surface area contributed by atoms with Crippen LogP contribution < -0.4 is 0 Å². The van der Waals surface area contributed by atoms with Crippen LogP contribution in [0.25, 0.3) is 0 Å². The van der Waals surface area contributed by atoms with Crippen molar-refractivity contribution in [2.75, 3.05) is 59.0 Å². The molecule has 0 aromatic heterocycles. The van der Waals surface area contributed by atoms with Gasteiger partial charge in [-0.05, 0) is 18.9 Å². The monoisotopic (exact) mass is 317 g/mol. The van der Waals surface area contributed by atoms with Gasteiger partial charge in [0.05, 0.1) is 6.10 Å². The molecule has 0 unspecified atom stereocenters. The summed E-state index contributed by atoms with van der Waals surface area (Å²) < 4.78 is 5.73. The summed E-state index contributed by atoms with van der Waals surface area (Å²) in [6, 6.07) is 10.8. The Morgan fingerprint density at radius 1 is 0.913 bits per heavy atom. The van der Waals surface area contributed by atoms with E-state index in [-0.39, 0.29) is 0 Å². The predicted octanol–water partition coefficient (Wildman–Crippen LogP) is 1.91. The quantitative estimate of drug-likeness (QED) is 0.826. The van der Waals surface area contributed by atoms with Gasteiger partial charge in [0.2, 0.25) is 0 Å². The average Bonchev–Trinajstić information content (AvgIpc) is 2.79. The van der Waals surface area contributed by atoms with Gasteiger partial charge in [-0.25, -0.2) is 0 Å². The number of benzene rings is 1. The number of ether oxygens (including phenoxy) is 1. The van der Waals surface area contributed by atoms with Crippen LogP contribution in [0.5, 0.6) is 0 Å². The number of nitrogens with zero attached hydrogens (tertiary/aromatic N) is 3. The molecular formula is C19H31N3O. The summed E-state index contributed by atoms with van der Waals surface area (Å²) in [6.45, 7) is 13.7. The maximum absolute atomic E-state index is 5.73. The van der Waals surface area contributed by atoms with E-state index < -0.39 is 0 Å². The smallest absolute Gasteiger partial charge is 0.0673 e. The molecule has 4 nitrogen and oxygen atoms in total. The Hall–Kier alpha value is -0.940. The summed E-state index contributed by atoms with van der Waals surface area (Å²) in [5.74, 6) is 0.